The maximum atomic E-state index is 13.0. The van der Waals surface area contributed by atoms with Crippen molar-refractivity contribution in [1.82, 2.24) is 29.5 Å². The van der Waals surface area contributed by atoms with E-state index in [1.54, 1.807) is 17.0 Å². The van der Waals surface area contributed by atoms with E-state index in [2.05, 4.69) is 26.9 Å². The number of aromatic nitrogens is 6. The van der Waals surface area contributed by atoms with Gasteiger partial charge in [-0.05, 0) is 18.6 Å². The number of thiol groups is 1. The van der Waals surface area contributed by atoms with Crippen molar-refractivity contribution < 1.29 is 0 Å². The highest BCUT2D eigenvalue weighted by molar-refractivity contribution is 7.80. The van der Waals surface area contributed by atoms with Crippen molar-refractivity contribution in [3.8, 4) is 0 Å². The number of H-pyrrole nitrogens is 1. The number of aromatic amines is 1. The molecule has 7 nitrogen and oxygen atoms in total. The van der Waals surface area contributed by atoms with Crippen LogP contribution in [0.3, 0.4) is 0 Å². The summed E-state index contributed by atoms with van der Waals surface area (Å²) in [6, 6.07) is 7.38. The molecule has 1 aromatic carbocycles. The zero-order chi connectivity index (χ0) is 18.1. The highest BCUT2D eigenvalue weighted by atomic mass is 32.1. The van der Waals surface area contributed by atoms with Gasteiger partial charge in [0.25, 0.3) is 5.56 Å². The SMILES string of the molecule is CCCCn1c(C(S)c2ncnc3[nH]cnc23)nc2ccccc2c1=O. The van der Waals surface area contributed by atoms with E-state index in [1.807, 2.05) is 18.2 Å². The molecule has 4 aromatic rings. The Balaban J connectivity index is 1.94. The Labute approximate surface area is 155 Å². The lowest BCUT2D eigenvalue weighted by Gasteiger charge is -2.17. The van der Waals surface area contributed by atoms with Gasteiger partial charge >= 0.3 is 0 Å². The van der Waals surface area contributed by atoms with Gasteiger partial charge in [-0.2, -0.15) is 12.6 Å². The van der Waals surface area contributed by atoms with Crippen LogP contribution in [0.1, 0.15) is 36.5 Å². The monoisotopic (exact) mass is 366 g/mol. The maximum Gasteiger partial charge on any atom is 0.261 e. The summed E-state index contributed by atoms with van der Waals surface area (Å²) in [4.78, 5) is 33.6. The lowest BCUT2D eigenvalue weighted by Crippen LogP contribution is -2.27. The number of imidazole rings is 1. The normalized spacial score (nSPS) is 12.7. The lowest BCUT2D eigenvalue weighted by atomic mass is 10.2. The van der Waals surface area contributed by atoms with Crippen LogP contribution < -0.4 is 5.56 Å². The number of hydrogen-bond donors (Lipinski definition) is 2. The minimum atomic E-state index is -0.488. The number of unbranched alkanes of at least 4 members (excludes halogenated alkanes) is 1. The van der Waals surface area contributed by atoms with Gasteiger partial charge < -0.3 is 4.98 Å². The predicted molar refractivity (Wildman–Crippen MR) is 103 cm³/mol. The van der Waals surface area contributed by atoms with E-state index < -0.39 is 5.25 Å². The molecule has 26 heavy (non-hydrogen) atoms. The van der Waals surface area contributed by atoms with Crippen LogP contribution in [0.2, 0.25) is 0 Å². The van der Waals surface area contributed by atoms with E-state index in [1.165, 1.54) is 6.33 Å². The van der Waals surface area contributed by atoms with Crippen molar-refractivity contribution in [1.29, 1.82) is 0 Å². The largest absolute Gasteiger partial charge is 0.329 e. The number of para-hydroxylation sites is 1. The predicted octanol–water partition coefficient (Wildman–Crippen LogP) is 2.88. The van der Waals surface area contributed by atoms with Crippen LogP contribution in [0.5, 0.6) is 0 Å². The number of fused-ring (bicyclic) bond motifs is 2. The van der Waals surface area contributed by atoms with Crippen LogP contribution in [-0.4, -0.2) is 29.5 Å². The van der Waals surface area contributed by atoms with Crippen LogP contribution >= 0.6 is 12.6 Å². The van der Waals surface area contributed by atoms with Crippen LogP contribution in [-0.2, 0) is 6.54 Å². The van der Waals surface area contributed by atoms with E-state index in [4.69, 9.17) is 17.6 Å². The molecule has 1 N–H and O–H groups in total. The van der Waals surface area contributed by atoms with Gasteiger partial charge in [0.05, 0.1) is 22.9 Å². The second kappa shape index (κ2) is 6.87. The Morgan fingerprint density at radius 1 is 1.23 bits per heavy atom. The van der Waals surface area contributed by atoms with Gasteiger partial charge in [0.15, 0.2) is 5.65 Å². The molecule has 1 atom stereocenters. The average Bonchev–Trinajstić information content (AvgIpc) is 3.15. The maximum absolute atomic E-state index is 13.0. The Morgan fingerprint density at radius 2 is 2.08 bits per heavy atom. The van der Waals surface area contributed by atoms with Gasteiger partial charge in [-0.3, -0.25) is 9.36 Å². The zero-order valence-electron chi connectivity index (χ0n) is 14.3. The second-order valence-electron chi connectivity index (χ2n) is 6.06. The van der Waals surface area contributed by atoms with Crippen LogP contribution in [0.4, 0.5) is 0 Å². The average molecular weight is 366 g/mol. The molecule has 0 aliphatic carbocycles. The van der Waals surface area contributed by atoms with Gasteiger partial charge in [0, 0.05) is 6.54 Å². The number of nitrogens with zero attached hydrogens (tertiary/aromatic N) is 5. The molecule has 0 saturated heterocycles. The fraction of sp³-hybridized carbons (Fsp3) is 0.278. The van der Waals surface area contributed by atoms with E-state index in [-0.39, 0.29) is 5.56 Å². The van der Waals surface area contributed by atoms with E-state index in [0.717, 1.165) is 12.8 Å². The fourth-order valence-corrected chi connectivity index (χ4v) is 3.42. The van der Waals surface area contributed by atoms with Gasteiger partial charge in [0.2, 0.25) is 0 Å². The quantitative estimate of drug-likeness (QED) is 0.530. The third-order valence-corrected chi connectivity index (χ3v) is 4.85. The summed E-state index contributed by atoms with van der Waals surface area (Å²) in [6.07, 6.45) is 4.90. The molecular weight excluding hydrogens is 348 g/mol. The molecule has 0 aliphatic heterocycles. The summed E-state index contributed by atoms with van der Waals surface area (Å²) >= 11 is 4.76. The van der Waals surface area contributed by atoms with Crippen molar-refractivity contribution in [3.63, 3.8) is 0 Å². The summed E-state index contributed by atoms with van der Waals surface area (Å²) in [5.74, 6) is 0.577. The standard InChI is InChI=1S/C18H18N6OS/c1-2-3-8-24-17(23-12-7-5-4-6-11(12)18(24)25)15(26)13-14-16(21-9-19-13)22-10-20-14/h4-7,9-10,15,26H,2-3,8H2,1H3,(H,19,20,21,22). The van der Waals surface area contributed by atoms with Crippen molar-refractivity contribution >= 4 is 34.7 Å². The first-order valence-corrected chi connectivity index (χ1v) is 9.04. The summed E-state index contributed by atoms with van der Waals surface area (Å²) in [5.41, 5.74) is 2.51. The molecule has 0 aliphatic rings. The molecule has 132 valence electrons. The molecule has 3 aromatic heterocycles. The molecule has 0 spiro atoms. The van der Waals surface area contributed by atoms with Crippen molar-refractivity contribution in [2.24, 2.45) is 0 Å². The molecule has 0 bridgehead atoms. The first kappa shape index (κ1) is 16.7. The molecule has 0 radical (unpaired) electrons. The zero-order valence-corrected chi connectivity index (χ0v) is 15.1. The van der Waals surface area contributed by atoms with Gasteiger partial charge in [-0.1, -0.05) is 25.5 Å². The lowest BCUT2D eigenvalue weighted by molar-refractivity contribution is 0.580. The van der Waals surface area contributed by atoms with Crippen LogP contribution in [0.25, 0.3) is 22.1 Å². The summed E-state index contributed by atoms with van der Waals surface area (Å²) in [6.45, 7) is 2.68. The Morgan fingerprint density at radius 3 is 2.92 bits per heavy atom. The van der Waals surface area contributed by atoms with Gasteiger partial charge in [0.1, 0.15) is 22.9 Å². The van der Waals surface area contributed by atoms with Crippen LogP contribution in [0, 0.1) is 0 Å². The molecule has 4 rings (SSSR count). The van der Waals surface area contributed by atoms with Crippen molar-refractivity contribution in [3.05, 3.63) is 58.8 Å². The molecule has 0 fully saturated rings. The van der Waals surface area contributed by atoms with Crippen molar-refractivity contribution in [2.45, 2.75) is 31.6 Å². The topological polar surface area (TPSA) is 89.3 Å². The molecule has 0 saturated carbocycles. The molecular formula is C18H18N6OS. The first-order valence-electron chi connectivity index (χ1n) is 8.52. The van der Waals surface area contributed by atoms with Crippen molar-refractivity contribution in [2.75, 3.05) is 0 Å². The Kier molecular flexibility index (Phi) is 4.42. The third kappa shape index (κ3) is 2.76. The molecule has 8 heteroatoms. The minimum absolute atomic E-state index is 0.0505. The first-order chi connectivity index (χ1) is 12.7. The number of rotatable bonds is 5. The smallest absolute Gasteiger partial charge is 0.261 e. The van der Waals surface area contributed by atoms with Gasteiger partial charge in [-0.15, -0.1) is 0 Å². The Hall–Kier alpha value is -2.74. The van der Waals surface area contributed by atoms with E-state index >= 15 is 0 Å². The van der Waals surface area contributed by atoms with E-state index in [0.29, 0.717) is 40.1 Å². The summed E-state index contributed by atoms with van der Waals surface area (Å²) in [7, 11) is 0. The molecule has 1 unspecified atom stereocenters. The minimum Gasteiger partial charge on any atom is -0.329 e. The number of benzene rings is 1. The highest BCUT2D eigenvalue weighted by Crippen LogP contribution is 2.29. The number of nitrogens with one attached hydrogen (secondary N) is 1. The molecule has 3 heterocycles. The number of hydrogen-bond acceptors (Lipinski definition) is 6. The third-order valence-electron chi connectivity index (χ3n) is 4.38. The summed E-state index contributed by atoms with van der Waals surface area (Å²) in [5, 5.41) is 0.124. The van der Waals surface area contributed by atoms with E-state index in [9.17, 15) is 4.79 Å². The highest BCUT2D eigenvalue weighted by Gasteiger charge is 2.22. The van der Waals surface area contributed by atoms with Crippen LogP contribution in [0.15, 0.2) is 41.7 Å². The fourth-order valence-electron chi connectivity index (χ4n) is 3.03. The second-order valence-corrected chi connectivity index (χ2v) is 6.58. The van der Waals surface area contributed by atoms with Gasteiger partial charge in [-0.25, -0.2) is 19.9 Å². The summed E-state index contributed by atoms with van der Waals surface area (Å²) < 4.78 is 1.71. The Bertz CT molecular complexity index is 1140. The molecule has 0 amide bonds.